The van der Waals surface area contributed by atoms with Crippen LogP contribution in [0.1, 0.15) is 23.2 Å². The molecule has 1 aliphatic carbocycles. The Morgan fingerprint density at radius 1 is 1.53 bits per heavy atom. The highest BCUT2D eigenvalue weighted by Gasteiger charge is 2.23. The summed E-state index contributed by atoms with van der Waals surface area (Å²) in [6, 6.07) is 2.35. The van der Waals surface area contributed by atoms with E-state index in [2.05, 4.69) is 4.74 Å². The van der Waals surface area contributed by atoms with Crippen LogP contribution in [0.4, 0.5) is 4.39 Å². The number of benzene rings is 1. The predicted molar refractivity (Wildman–Crippen MR) is 61.0 cm³/mol. The molecule has 0 unspecified atom stereocenters. The van der Waals surface area contributed by atoms with Gasteiger partial charge in [0, 0.05) is 6.07 Å². The van der Waals surface area contributed by atoms with Crippen molar-refractivity contribution in [1.82, 2.24) is 0 Å². The van der Waals surface area contributed by atoms with Gasteiger partial charge in [-0.25, -0.2) is 9.18 Å². The molecular weight excluding hydrogens is 247 g/mol. The van der Waals surface area contributed by atoms with Crippen molar-refractivity contribution < 1.29 is 18.7 Å². The maximum Gasteiger partial charge on any atom is 0.340 e. The molecule has 1 aliphatic rings. The van der Waals surface area contributed by atoms with E-state index in [0.717, 1.165) is 18.9 Å². The molecule has 17 heavy (non-hydrogen) atoms. The van der Waals surface area contributed by atoms with E-state index >= 15 is 0 Å². The van der Waals surface area contributed by atoms with Crippen molar-refractivity contribution in [2.45, 2.75) is 12.8 Å². The average molecular weight is 259 g/mol. The van der Waals surface area contributed by atoms with Crippen molar-refractivity contribution in [1.29, 1.82) is 0 Å². The highest BCUT2D eigenvalue weighted by molar-refractivity contribution is 6.32. The van der Waals surface area contributed by atoms with E-state index < -0.39 is 11.8 Å². The number of carbonyl (C=O) groups is 1. The molecule has 1 saturated carbocycles. The molecule has 92 valence electrons. The fourth-order valence-electron chi connectivity index (χ4n) is 1.40. The minimum absolute atomic E-state index is 0.184. The molecule has 2 rings (SSSR count). The van der Waals surface area contributed by atoms with Crippen LogP contribution in [0.5, 0.6) is 5.75 Å². The lowest BCUT2D eigenvalue weighted by Gasteiger charge is -2.09. The van der Waals surface area contributed by atoms with Crippen molar-refractivity contribution >= 4 is 17.6 Å². The van der Waals surface area contributed by atoms with Gasteiger partial charge < -0.3 is 9.47 Å². The van der Waals surface area contributed by atoms with Gasteiger partial charge in [-0.2, -0.15) is 0 Å². The number of methoxy groups -OCH3 is 1. The number of carbonyl (C=O) groups excluding carboxylic acids is 1. The Hall–Kier alpha value is -1.29. The van der Waals surface area contributed by atoms with Crippen molar-refractivity contribution in [3.8, 4) is 5.75 Å². The van der Waals surface area contributed by atoms with Gasteiger partial charge in [0.15, 0.2) is 0 Å². The number of rotatable bonds is 4. The lowest BCUT2D eigenvalue weighted by Crippen LogP contribution is -2.06. The molecular formula is C12H12ClFO3. The molecule has 3 nitrogen and oxygen atoms in total. The van der Waals surface area contributed by atoms with Crippen molar-refractivity contribution in [2.75, 3.05) is 13.7 Å². The molecule has 0 N–H and O–H groups in total. The second-order valence-corrected chi connectivity index (χ2v) is 4.42. The second kappa shape index (κ2) is 4.92. The molecule has 0 aliphatic heterocycles. The number of esters is 1. The van der Waals surface area contributed by atoms with Crippen LogP contribution in [-0.2, 0) is 4.74 Å². The van der Waals surface area contributed by atoms with E-state index in [0.29, 0.717) is 12.5 Å². The van der Waals surface area contributed by atoms with Crippen LogP contribution in [0.2, 0.25) is 5.02 Å². The lowest BCUT2D eigenvalue weighted by molar-refractivity contribution is 0.0595. The minimum Gasteiger partial charge on any atom is -0.492 e. The van der Waals surface area contributed by atoms with Gasteiger partial charge in [0.1, 0.15) is 11.6 Å². The number of halogens is 2. The van der Waals surface area contributed by atoms with Crippen LogP contribution in [0, 0.1) is 11.7 Å². The summed E-state index contributed by atoms with van der Waals surface area (Å²) >= 11 is 5.91. The van der Waals surface area contributed by atoms with Crippen molar-refractivity contribution in [3.05, 3.63) is 28.5 Å². The summed E-state index contributed by atoms with van der Waals surface area (Å²) in [5, 5.41) is 0.215. The SMILES string of the molecule is COC(=O)c1cc(Cl)c(OCC2CC2)cc1F. The van der Waals surface area contributed by atoms with Crippen LogP contribution >= 0.6 is 11.6 Å². The molecule has 1 aromatic carbocycles. The van der Waals surface area contributed by atoms with E-state index in [1.165, 1.54) is 13.2 Å². The van der Waals surface area contributed by atoms with Crippen LogP contribution in [0.25, 0.3) is 0 Å². The van der Waals surface area contributed by atoms with E-state index in [-0.39, 0.29) is 16.3 Å². The molecule has 0 aromatic heterocycles. The monoisotopic (exact) mass is 258 g/mol. The first-order valence-corrected chi connectivity index (χ1v) is 5.69. The van der Waals surface area contributed by atoms with E-state index in [1.807, 2.05) is 0 Å². The van der Waals surface area contributed by atoms with E-state index in [1.54, 1.807) is 0 Å². The number of ether oxygens (including phenoxy) is 2. The van der Waals surface area contributed by atoms with Gasteiger partial charge in [-0.1, -0.05) is 11.6 Å². The lowest BCUT2D eigenvalue weighted by atomic mass is 10.2. The maximum atomic E-state index is 13.6. The van der Waals surface area contributed by atoms with Crippen molar-refractivity contribution in [3.63, 3.8) is 0 Å². The van der Waals surface area contributed by atoms with Crippen LogP contribution < -0.4 is 4.74 Å². The third-order valence-electron chi connectivity index (χ3n) is 2.60. The van der Waals surface area contributed by atoms with Gasteiger partial charge in [-0.05, 0) is 24.8 Å². The largest absolute Gasteiger partial charge is 0.492 e. The maximum absolute atomic E-state index is 13.6. The third-order valence-corrected chi connectivity index (χ3v) is 2.89. The Balaban J connectivity index is 2.17. The van der Waals surface area contributed by atoms with Crippen LogP contribution in [0.3, 0.4) is 0 Å². The summed E-state index contributed by atoms with van der Waals surface area (Å²) in [7, 11) is 1.19. The third kappa shape index (κ3) is 2.88. The summed E-state index contributed by atoms with van der Waals surface area (Å²) in [4.78, 5) is 11.2. The molecule has 1 fully saturated rings. The second-order valence-electron chi connectivity index (χ2n) is 4.01. The van der Waals surface area contributed by atoms with Gasteiger partial charge in [0.05, 0.1) is 24.3 Å². The van der Waals surface area contributed by atoms with Gasteiger partial charge in [0.25, 0.3) is 0 Å². The molecule has 0 spiro atoms. The molecule has 0 saturated heterocycles. The van der Waals surface area contributed by atoms with Crippen LogP contribution in [0.15, 0.2) is 12.1 Å². The Kier molecular flexibility index (Phi) is 3.52. The zero-order chi connectivity index (χ0) is 12.4. The first kappa shape index (κ1) is 12.2. The first-order chi connectivity index (χ1) is 8.11. The molecule has 0 heterocycles. The normalized spacial score (nSPS) is 14.5. The van der Waals surface area contributed by atoms with Gasteiger partial charge in [-0.3, -0.25) is 0 Å². The molecule has 1 aromatic rings. The van der Waals surface area contributed by atoms with Gasteiger partial charge >= 0.3 is 5.97 Å². The number of hydrogen-bond acceptors (Lipinski definition) is 3. The predicted octanol–water partition coefficient (Wildman–Crippen LogP) is 3.05. The Labute approximate surface area is 103 Å². The van der Waals surface area contributed by atoms with Crippen molar-refractivity contribution in [2.24, 2.45) is 5.92 Å². The van der Waals surface area contributed by atoms with Gasteiger partial charge in [0.2, 0.25) is 0 Å². The Morgan fingerprint density at radius 3 is 2.82 bits per heavy atom. The topological polar surface area (TPSA) is 35.5 Å². The summed E-state index contributed by atoms with van der Waals surface area (Å²) in [6.45, 7) is 0.538. The fraction of sp³-hybridized carbons (Fsp3) is 0.417. The zero-order valence-corrected chi connectivity index (χ0v) is 10.1. The minimum atomic E-state index is -0.752. The highest BCUT2D eigenvalue weighted by Crippen LogP contribution is 2.33. The molecule has 0 amide bonds. The Bertz CT molecular complexity index is 444. The van der Waals surface area contributed by atoms with E-state index in [9.17, 15) is 9.18 Å². The number of hydrogen-bond donors (Lipinski definition) is 0. The standard InChI is InChI=1S/C12H12ClFO3/c1-16-12(15)8-4-9(13)11(5-10(8)14)17-6-7-2-3-7/h4-5,7H,2-3,6H2,1H3. The molecule has 0 radical (unpaired) electrons. The summed E-state index contributed by atoms with van der Waals surface area (Å²) in [6.07, 6.45) is 2.28. The zero-order valence-electron chi connectivity index (χ0n) is 9.33. The smallest absolute Gasteiger partial charge is 0.340 e. The average Bonchev–Trinajstić information content (AvgIpc) is 3.12. The summed E-state index contributed by atoms with van der Waals surface area (Å²) in [5.74, 6) is -0.622. The molecule has 5 heteroatoms. The summed E-state index contributed by atoms with van der Waals surface area (Å²) < 4.78 is 23.4. The fourth-order valence-corrected chi connectivity index (χ4v) is 1.62. The van der Waals surface area contributed by atoms with E-state index in [4.69, 9.17) is 16.3 Å². The highest BCUT2D eigenvalue weighted by atomic mass is 35.5. The first-order valence-electron chi connectivity index (χ1n) is 5.32. The molecule has 0 atom stereocenters. The molecule has 0 bridgehead atoms. The van der Waals surface area contributed by atoms with Gasteiger partial charge in [-0.15, -0.1) is 0 Å². The summed E-state index contributed by atoms with van der Waals surface area (Å²) in [5.41, 5.74) is -0.184. The quantitative estimate of drug-likeness (QED) is 0.779. The van der Waals surface area contributed by atoms with Crippen LogP contribution in [-0.4, -0.2) is 19.7 Å². The Morgan fingerprint density at radius 2 is 2.24 bits per heavy atom.